The van der Waals surface area contributed by atoms with E-state index in [0.29, 0.717) is 25.5 Å². The maximum atomic E-state index is 12.1. The molecule has 2 aliphatic carbocycles. The van der Waals surface area contributed by atoms with Gasteiger partial charge in [0.1, 0.15) is 23.1 Å². The number of methoxy groups -OCH3 is 2. The van der Waals surface area contributed by atoms with Crippen molar-refractivity contribution in [2.45, 2.75) is 95.4 Å². The van der Waals surface area contributed by atoms with E-state index in [9.17, 15) is 4.79 Å². The van der Waals surface area contributed by atoms with Crippen molar-refractivity contribution >= 4 is 23.1 Å². The average molecular weight is 609 g/mol. The van der Waals surface area contributed by atoms with Crippen LogP contribution in [0.5, 0.6) is 11.5 Å². The van der Waals surface area contributed by atoms with Crippen molar-refractivity contribution in [2.24, 2.45) is 5.92 Å². The number of carbonyl (C=O) groups excluding carboxylic acids is 1. The summed E-state index contributed by atoms with van der Waals surface area (Å²) in [6.07, 6.45) is 8.78. The van der Waals surface area contributed by atoms with Crippen LogP contribution in [0.25, 0.3) is 11.2 Å². The second-order valence-corrected chi connectivity index (χ2v) is 12.5. The summed E-state index contributed by atoms with van der Waals surface area (Å²) in [5.41, 5.74) is 2.42. The molecule has 12 nitrogen and oxygen atoms in total. The zero-order chi connectivity index (χ0) is 30.9. The molecule has 1 saturated heterocycles. The molecule has 3 aromatic rings. The second kappa shape index (κ2) is 12.5. The van der Waals surface area contributed by atoms with Crippen LogP contribution in [0, 0.1) is 5.92 Å². The van der Waals surface area contributed by atoms with E-state index in [2.05, 4.69) is 25.2 Å². The van der Waals surface area contributed by atoms with E-state index in [1.165, 1.54) is 6.42 Å². The van der Waals surface area contributed by atoms with Crippen LogP contribution in [0.1, 0.15) is 70.9 Å². The van der Waals surface area contributed by atoms with Crippen molar-refractivity contribution in [1.82, 2.24) is 24.8 Å². The predicted molar refractivity (Wildman–Crippen MR) is 164 cm³/mol. The van der Waals surface area contributed by atoms with Gasteiger partial charge in [0, 0.05) is 42.6 Å². The number of rotatable bonds is 13. The maximum absolute atomic E-state index is 12.1. The lowest BCUT2D eigenvalue weighted by Crippen LogP contribution is -2.53. The van der Waals surface area contributed by atoms with E-state index in [-0.39, 0.29) is 35.7 Å². The SMILES string of the molecule is CCOC(=O)CCC1(NCC2CC(n3cnc4cnc(NCc5ccc(OC)cc5OC)nc43)C3OC(C)(C)OC23)CCC1. The fourth-order valence-electron chi connectivity index (χ4n) is 6.90. The quantitative estimate of drug-likeness (QED) is 0.268. The molecule has 0 spiro atoms. The van der Waals surface area contributed by atoms with Crippen molar-refractivity contribution in [3.05, 3.63) is 36.3 Å². The molecule has 0 amide bonds. The van der Waals surface area contributed by atoms with Crippen LogP contribution in [0.2, 0.25) is 0 Å². The minimum atomic E-state index is -0.681. The third-order valence-electron chi connectivity index (χ3n) is 9.32. The first-order valence-corrected chi connectivity index (χ1v) is 15.6. The summed E-state index contributed by atoms with van der Waals surface area (Å²) in [4.78, 5) is 26.1. The van der Waals surface area contributed by atoms with Gasteiger partial charge in [0.25, 0.3) is 0 Å². The first-order valence-electron chi connectivity index (χ1n) is 15.6. The summed E-state index contributed by atoms with van der Waals surface area (Å²) >= 11 is 0. The van der Waals surface area contributed by atoms with Gasteiger partial charge in [-0.15, -0.1) is 0 Å². The molecule has 238 valence electrons. The number of carbonyl (C=O) groups is 1. The molecule has 0 bridgehead atoms. The van der Waals surface area contributed by atoms with E-state index in [0.717, 1.165) is 60.5 Å². The highest BCUT2D eigenvalue weighted by Crippen LogP contribution is 2.48. The highest BCUT2D eigenvalue weighted by Gasteiger charge is 2.55. The minimum absolute atomic E-state index is 0.000111. The van der Waals surface area contributed by atoms with Crippen molar-refractivity contribution in [3.63, 3.8) is 0 Å². The zero-order valence-electron chi connectivity index (χ0n) is 26.3. The lowest BCUT2D eigenvalue weighted by atomic mass is 9.73. The summed E-state index contributed by atoms with van der Waals surface area (Å²) in [5.74, 6) is 1.39. The maximum Gasteiger partial charge on any atom is 0.305 e. The zero-order valence-corrected chi connectivity index (χ0v) is 26.3. The van der Waals surface area contributed by atoms with Crippen LogP contribution in [0.15, 0.2) is 30.7 Å². The van der Waals surface area contributed by atoms with Gasteiger partial charge in [-0.25, -0.2) is 9.97 Å². The van der Waals surface area contributed by atoms with Gasteiger partial charge in [-0.05, 0) is 65.0 Å². The Bertz CT molecular complexity index is 1470. The molecule has 2 aromatic heterocycles. The molecule has 1 aliphatic heterocycles. The number of nitrogens with one attached hydrogen (secondary N) is 2. The summed E-state index contributed by atoms with van der Waals surface area (Å²) in [5, 5.41) is 7.19. The van der Waals surface area contributed by atoms with E-state index in [4.69, 9.17) is 28.7 Å². The number of hydrogen-bond acceptors (Lipinski definition) is 11. The number of hydrogen-bond donors (Lipinski definition) is 2. The number of aromatic nitrogens is 4. The number of imidazole rings is 1. The van der Waals surface area contributed by atoms with E-state index in [1.54, 1.807) is 20.4 Å². The fourth-order valence-corrected chi connectivity index (χ4v) is 6.90. The number of ether oxygens (including phenoxy) is 5. The van der Waals surface area contributed by atoms with Gasteiger partial charge in [-0.1, -0.05) is 0 Å². The predicted octanol–water partition coefficient (Wildman–Crippen LogP) is 4.39. The number of esters is 1. The molecular weight excluding hydrogens is 564 g/mol. The second-order valence-electron chi connectivity index (χ2n) is 12.5. The van der Waals surface area contributed by atoms with Gasteiger partial charge in [0.05, 0.1) is 45.5 Å². The first-order chi connectivity index (χ1) is 21.2. The Kier molecular flexibility index (Phi) is 8.67. The Morgan fingerprint density at radius 1 is 1.14 bits per heavy atom. The summed E-state index contributed by atoms with van der Waals surface area (Å²) < 4.78 is 31.2. The smallest absolute Gasteiger partial charge is 0.305 e. The van der Waals surface area contributed by atoms with E-state index in [1.807, 2.05) is 45.3 Å². The van der Waals surface area contributed by atoms with Crippen LogP contribution >= 0.6 is 0 Å². The molecule has 2 saturated carbocycles. The molecule has 2 N–H and O–H groups in total. The number of nitrogens with zero attached hydrogens (tertiary/aromatic N) is 4. The van der Waals surface area contributed by atoms with Crippen LogP contribution in [0.4, 0.5) is 5.95 Å². The molecule has 3 fully saturated rings. The number of anilines is 1. The highest BCUT2D eigenvalue weighted by molar-refractivity contribution is 5.71. The third-order valence-corrected chi connectivity index (χ3v) is 9.32. The summed E-state index contributed by atoms with van der Waals surface area (Å²) in [7, 11) is 3.27. The topological polar surface area (TPSA) is 131 Å². The van der Waals surface area contributed by atoms with E-state index < -0.39 is 5.79 Å². The molecule has 4 unspecified atom stereocenters. The third kappa shape index (κ3) is 6.20. The molecule has 4 atom stereocenters. The Hall–Kier alpha value is -3.48. The van der Waals surface area contributed by atoms with Gasteiger partial charge in [-0.2, -0.15) is 4.98 Å². The molecule has 0 radical (unpaired) electrons. The van der Waals surface area contributed by atoms with Crippen LogP contribution < -0.4 is 20.1 Å². The molecule has 6 rings (SSSR count). The van der Waals surface area contributed by atoms with Gasteiger partial charge in [0.2, 0.25) is 5.95 Å². The Balaban J connectivity index is 1.18. The summed E-state index contributed by atoms with van der Waals surface area (Å²) in [6, 6.07) is 5.72. The Morgan fingerprint density at radius 2 is 1.95 bits per heavy atom. The normalized spacial score (nSPS) is 24.9. The Labute approximate surface area is 258 Å². The Morgan fingerprint density at radius 3 is 2.68 bits per heavy atom. The van der Waals surface area contributed by atoms with Crippen molar-refractivity contribution in [2.75, 3.05) is 32.7 Å². The van der Waals surface area contributed by atoms with Crippen molar-refractivity contribution in [3.8, 4) is 11.5 Å². The van der Waals surface area contributed by atoms with Crippen LogP contribution in [0.3, 0.4) is 0 Å². The van der Waals surface area contributed by atoms with Gasteiger partial charge in [0.15, 0.2) is 11.4 Å². The number of fused-ring (bicyclic) bond motifs is 2. The van der Waals surface area contributed by atoms with Crippen molar-refractivity contribution in [1.29, 1.82) is 0 Å². The summed E-state index contributed by atoms with van der Waals surface area (Å²) in [6.45, 7) is 7.49. The van der Waals surface area contributed by atoms with Gasteiger partial charge in [-0.3, -0.25) is 4.79 Å². The van der Waals surface area contributed by atoms with Gasteiger partial charge < -0.3 is 38.9 Å². The van der Waals surface area contributed by atoms with E-state index >= 15 is 0 Å². The van der Waals surface area contributed by atoms with Gasteiger partial charge >= 0.3 is 5.97 Å². The minimum Gasteiger partial charge on any atom is -0.497 e. The number of benzene rings is 1. The van der Waals surface area contributed by atoms with Crippen LogP contribution in [-0.4, -0.2) is 76.4 Å². The molecule has 44 heavy (non-hydrogen) atoms. The highest BCUT2D eigenvalue weighted by atomic mass is 16.8. The molecule has 3 heterocycles. The van der Waals surface area contributed by atoms with Crippen molar-refractivity contribution < 1.29 is 28.5 Å². The first kappa shape index (κ1) is 30.5. The lowest BCUT2D eigenvalue weighted by molar-refractivity contribution is -0.160. The molecule has 12 heteroatoms. The largest absolute Gasteiger partial charge is 0.497 e. The standard InChI is InChI=1S/C32H44N6O6/c1-6-42-26(39)10-13-32(11-7-12-32)36-17-21-14-24(28-27(21)43-31(2,3)44-28)38-19-35-23-18-34-30(37-29(23)38)33-16-20-8-9-22(40-4)15-25(20)41-5/h8-9,15,18-19,21,24,27-28,36H,6-7,10-14,16-17H2,1-5H3,(H,33,34,37). The fraction of sp³-hybridized carbons (Fsp3) is 0.625. The van der Waals surface area contributed by atoms with Crippen LogP contribution in [-0.2, 0) is 25.5 Å². The molecular formula is C32H44N6O6. The molecule has 1 aromatic carbocycles. The molecule has 3 aliphatic rings. The monoisotopic (exact) mass is 608 g/mol. The average Bonchev–Trinajstić information content (AvgIpc) is 3.65. The lowest BCUT2D eigenvalue weighted by Gasteiger charge is -2.44.